The minimum atomic E-state index is 0.533. The molecule has 6 heteroatoms. The number of anilines is 1. The topological polar surface area (TPSA) is 55.6 Å². The standard InChI is InChI=1S/C12H16ClN5/c1-2-3-8-18-16-12(15-17-18)14-9-10-6-4-5-7-11(10)13/h4-7H,2-3,8-9H2,1H3,(H,14,16). The van der Waals surface area contributed by atoms with Gasteiger partial charge in [0.15, 0.2) is 0 Å². The van der Waals surface area contributed by atoms with Gasteiger partial charge in [-0.05, 0) is 23.3 Å². The van der Waals surface area contributed by atoms with E-state index in [1.54, 1.807) is 4.80 Å². The van der Waals surface area contributed by atoms with Gasteiger partial charge in [0, 0.05) is 11.6 Å². The Morgan fingerprint density at radius 3 is 2.94 bits per heavy atom. The van der Waals surface area contributed by atoms with Crippen LogP contribution in [0.4, 0.5) is 5.95 Å². The molecule has 0 aliphatic rings. The number of benzene rings is 1. The number of rotatable bonds is 6. The van der Waals surface area contributed by atoms with E-state index in [0.717, 1.165) is 30.0 Å². The Morgan fingerprint density at radius 1 is 1.33 bits per heavy atom. The summed E-state index contributed by atoms with van der Waals surface area (Å²) in [6.07, 6.45) is 2.17. The Kier molecular flexibility index (Phi) is 4.52. The number of unbranched alkanes of at least 4 members (excludes halogenated alkanes) is 1. The van der Waals surface area contributed by atoms with E-state index in [1.807, 2.05) is 24.3 Å². The molecule has 0 saturated carbocycles. The molecule has 0 bridgehead atoms. The highest BCUT2D eigenvalue weighted by Gasteiger charge is 2.03. The molecule has 0 atom stereocenters. The lowest BCUT2D eigenvalue weighted by molar-refractivity contribution is 0.496. The molecule has 0 unspecified atom stereocenters. The van der Waals surface area contributed by atoms with Crippen LogP contribution in [0, 0.1) is 0 Å². The van der Waals surface area contributed by atoms with Crippen molar-refractivity contribution in [2.45, 2.75) is 32.9 Å². The SMILES string of the molecule is CCCCn1nnc(NCc2ccccc2Cl)n1. The van der Waals surface area contributed by atoms with Gasteiger partial charge in [-0.2, -0.15) is 4.80 Å². The van der Waals surface area contributed by atoms with Crippen molar-refractivity contribution in [3.63, 3.8) is 0 Å². The van der Waals surface area contributed by atoms with Gasteiger partial charge in [0.2, 0.25) is 0 Å². The summed E-state index contributed by atoms with van der Waals surface area (Å²) in [7, 11) is 0. The highest BCUT2D eigenvalue weighted by atomic mass is 35.5. The molecule has 0 saturated heterocycles. The molecule has 0 spiro atoms. The van der Waals surface area contributed by atoms with Gasteiger partial charge in [0.05, 0.1) is 6.54 Å². The van der Waals surface area contributed by atoms with Crippen LogP contribution in [0.15, 0.2) is 24.3 Å². The van der Waals surface area contributed by atoms with Crippen LogP contribution in [-0.4, -0.2) is 20.2 Å². The lowest BCUT2D eigenvalue weighted by atomic mass is 10.2. The number of hydrogen-bond acceptors (Lipinski definition) is 4. The van der Waals surface area contributed by atoms with Crippen molar-refractivity contribution in [1.82, 2.24) is 20.2 Å². The zero-order chi connectivity index (χ0) is 12.8. The molecular formula is C12H16ClN5. The third-order valence-electron chi connectivity index (χ3n) is 2.56. The average molecular weight is 266 g/mol. The first-order chi connectivity index (χ1) is 8.79. The summed E-state index contributed by atoms with van der Waals surface area (Å²) in [4.78, 5) is 1.61. The minimum Gasteiger partial charge on any atom is -0.347 e. The number of nitrogens with zero attached hydrogens (tertiary/aromatic N) is 4. The maximum atomic E-state index is 6.06. The lowest BCUT2D eigenvalue weighted by Gasteiger charge is -2.03. The predicted molar refractivity (Wildman–Crippen MR) is 71.5 cm³/mol. The molecule has 0 amide bonds. The van der Waals surface area contributed by atoms with E-state index in [4.69, 9.17) is 11.6 Å². The summed E-state index contributed by atoms with van der Waals surface area (Å²) in [6, 6.07) is 7.69. The number of nitrogens with one attached hydrogen (secondary N) is 1. The Hall–Kier alpha value is -1.62. The van der Waals surface area contributed by atoms with Crippen molar-refractivity contribution < 1.29 is 0 Å². The van der Waals surface area contributed by atoms with Crippen LogP contribution in [-0.2, 0) is 13.1 Å². The zero-order valence-corrected chi connectivity index (χ0v) is 11.1. The fourth-order valence-corrected chi connectivity index (χ4v) is 1.73. The van der Waals surface area contributed by atoms with Crippen LogP contribution >= 0.6 is 11.6 Å². The van der Waals surface area contributed by atoms with Crippen molar-refractivity contribution >= 4 is 17.5 Å². The molecule has 1 aromatic heterocycles. The maximum Gasteiger partial charge on any atom is 0.263 e. The quantitative estimate of drug-likeness (QED) is 0.873. The van der Waals surface area contributed by atoms with Gasteiger partial charge in [0.25, 0.3) is 5.95 Å². The average Bonchev–Trinajstić information content (AvgIpc) is 2.83. The van der Waals surface area contributed by atoms with Gasteiger partial charge in [-0.1, -0.05) is 48.2 Å². The van der Waals surface area contributed by atoms with E-state index in [9.17, 15) is 0 Å². The van der Waals surface area contributed by atoms with Crippen molar-refractivity contribution in [2.24, 2.45) is 0 Å². The van der Waals surface area contributed by atoms with Gasteiger partial charge in [-0.3, -0.25) is 0 Å². The normalized spacial score (nSPS) is 10.6. The molecule has 18 heavy (non-hydrogen) atoms. The first kappa shape index (κ1) is 12.8. The molecule has 0 radical (unpaired) electrons. The molecular weight excluding hydrogens is 250 g/mol. The van der Waals surface area contributed by atoms with Crippen LogP contribution in [0.2, 0.25) is 5.02 Å². The van der Waals surface area contributed by atoms with Gasteiger partial charge in [-0.15, -0.1) is 5.10 Å². The minimum absolute atomic E-state index is 0.533. The van der Waals surface area contributed by atoms with Gasteiger partial charge >= 0.3 is 0 Å². The third kappa shape index (κ3) is 3.43. The van der Waals surface area contributed by atoms with E-state index in [0.29, 0.717) is 12.5 Å². The Labute approximate surface area is 111 Å². The van der Waals surface area contributed by atoms with Crippen LogP contribution in [0.1, 0.15) is 25.3 Å². The Morgan fingerprint density at radius 2 is 2.17 bits per heavy atom. The van der Waals surface area contributed by atoms with Crippen LogP contribution in [0.3, 0.4) is 0 Å². The van der Waals surface area contributed by atoms with E-state index >= 15 is 0 Å². The Bertz CT molecular complexity index is 497. The van der Waals surface area contributed by atoms with Crippen LogP contribution < -0.4 is 5.32 Å². The summed E-state index contributed by atoms with van der Waals surface area (Å²) in [5.74, 6) is 0.533. The van der Waals surface area contributed by atoms with Crippen LogP contribution in [0.25, 0.3) is 0 Å². The number of hydrogen-bond donors (Lipinski definition) is 1. The molecule has 96 valence electrons. The van der Waals surface area contributed by atoms with Gasteiger partial charge in [-0.25, -0.2) is 0 Å². The van der Waals surface area contributed by atoms with E-state index in [-0.39, 0.29) is 0 Å². The molecule has 0 fully saturated rings. The smallest absolute Gasteiger partial charge is 0.263 e. The number of tetrazole rings is 1. The number of halogens is 1. The van der Waals surface area contributed by atoms with Crippen molar-refractivity contribution in [2.75, 3.05) is 5.32 Å². The molecule has 2 aromatic rings. The molecule has 0 aliphatic heterocycles. The van der Waals surface area contributed by atoms with E-state index in [2.05, 4.69) is 27.7 Å². The van der Waals surface area contributed by atoms with Gasteiger partial charge < -0.3 is 5.32 Å². The predicted octanol–water partition coefficient (Wildman–Crippen LogP) is 2.74. The first-order valence-electron chi connectivity index (χ1n) is 6.04. The second-order valence-electron chi connectivity index (χ2n) is 4.01. The fourth-order valence-electron chi connectivity index (χ4n) is 1.52. The first-order valence-corrected chi connectivity index (χ1v) is 6.42. The largest absolute Gasteiger partial charge is 0.347 e. The molecule has 2 rings (SSSR count). The molecule has 1 heterocycles. The second kappa shape index (κ2) is 6.35. The van der Waals surface area contributed by atoms with Crippen molar-refractivity contribution in [3.05, 3.63) is 34.9 Å². The third-order valence-corrected chi connectivity index (χ3v) is 2.93. The molecule has 1 aromatic carbocycles. The summed E-state index contributed by atoms with van der Waals surface area (Å²) >= 11 is 6.06. The highest BCUT2D eigenvalue weighted by molar-refractivity contribution is 6.31. The molecule has 5 nitrogen and oxygen atoms in total. The number of aromatic nitrogens is 4. The van der Waals surface area contributed by atoms with Crippen LogP contribution in [0.5, 0.6) is 0 Å². The highest BCUT2D eigenvalue weighted by Crippen LogP contribution is 2.15. The molecule has 1 N–H and O–H groups in total. The molecule has 0 aliphatic carbocycles. The van der Waals surface area contributed by atoms with E-state index < -0.39 is 0 Å². The lowest BCUT2D eigenvalue weighted by Crippen LogP contribution is -2.04. The summed E-state index contributed by atoms with van der Waals surface area (Å²) in [5.41, 5.74) is 1.02. The monoisotopic (exact) mass is 265 g/mol. The van der Waals surface area contributed by atoms with Crippen molar-refractivity contribution in [3.8, 4) is 0 Å². The summed E-state index contributed by atoms with van der Waals surface area (Å²) in [5, 5.41) is 16.0. The van der Waals surface area contributed by atoms with Crippen molar-refractivity contribution in [1.29, 1.82) is 0 Å². The number of aryl methyl sites for hydroxylation is 1. The fraction of sp³-hybridized carbons (Fsp3) is 0.417. The zero-order valence-electron chi connectivity index (χ0n) is 10.3. The van der Waals surface area contributed by atoms with Gasteiger partial charge in [0.1, 0.15) is 0 Å². The Balaban J connectivity index is 1.90. The summed E-state index contributed by atoms with van der Waals surface area (Å²) < 4.78 is 0. The second-order valence-corrected chi connectivity index (χ2v) is 4.41. The van der Waals surface area contributed by atoms with E-state index in [1.165, 1.54) is 0 Å². The maximum absolute atomic E-state index is 6.06. The summed E-state index contributed by atoms with van der Waals surface area (Å²) in [6.45, 7) is 3.53.